The number of hydrogen-bond acceptors (Lipinski definition) is 3. The van der Waals surface area contributed by atoms with Crippen LogP contribution in [-0.4, -0.2) is 17.0 Å². The second-order valence-electron chi connectivity index (χ2n) is 4.54. The summed E-state index contributed by atoms with van der Waals surface area (Å²) in [5.41, 5.74) is 2.94. The highest BCUT2D eigenvalue weighted by Gasteiger charge is 2.13. The van der Waals surface area contributed by atoms with Crippen LogP contribution < -0.4 is 5.32 Å². The van der Waals surface area contributed by atoms with Crippen LogP contribution in [0.25, 0.3) is 22.6 Å². The molecule has 0 spiro atoms. The Kier molecular flexibility index (Phi) is 3.97. The average Bonchev–Trinajstić information content (AvgIpc) is 2.56. The Labute approximate surface area is 132 Å². The Bertz CT molecular complexity index is 743. The van der Waals surface area contributed by atoms with Gasteiger partial charge >= 0.3 is 0 Å². The highest BCUT2D eigenvalue weighted by atomic mass is 79.9. The number of rotatable bonds is 3. The molecule has 2 aromatic carbocycles. The van der Waals surface area contributed by atoms with Gasteiger partial charge in [0.2, 0.25) is 0 Å². The number of benzene rings is 2. The van der Waals surface area contributed by atoms with E-state index in [2.05, 4.69) is 26.2 Å². The van der Waals surface area contributed by atoms with Crippen LogP contribution in [-0.2, 0) is 0 Å². The zero-order valence-electron chi connectivity index (χ0n) is 11.5. The topological polar surface area (TPSA) is 37.8 Å². The Morgan fingerprint density at radius 3 is 1.95 bits per heavy atom. The maximum Gasteiger partial charge on any atom is 0.162 e. The smallest absolute Gasteiger partial charge is 0.162 e. The highest BCUT2D eigenvalue weighted by Crippen LogP contribution is 2.33. The molecule has 4 heteroatoms. The van der Waals surface area contributed by atoms with Crippen molar-refractivity contribution in [3.05, 3.63) is 65.1 Å². The van der Waals surface area contributed by atoms with Crippen LogP contribution in [0.2, 0.25) is 0 Å². The van der Waals surface area contributed by atoms with Gasteiger partial charge in [-0.1, -0.05) is 60.7 Å². The van der Waals surface area contributed by atoms with E-state index in [1.165, 1.54) is 0 Å². The van der Waals surface area contributed by atoms with Crippen LogP contribution in [0.4, 0.5) is 5.82 Å². The summed E-state index contributed by atoms with van der Waals surface area (Å²) in [4.78, 5) is 9.30. The van der Waals surface area contributed by atoms with Crippen molar-refractivity contribution < 1.29 is 0 Å². The summed E-state index contributed by atoms with van der Waals surface area (Å²) in [7, 11) is 1.86. The molecule has 0 fully saturated rings. The van der Waals surface area contributed by atoms with E-state index >= 15 is 0 Å². The molecule has 1 heterocycles. The zero-order chi connectivity index (χ0) is 14.7. The van der Waals surface area contributed by atoms with E-state index in [1.54, 1.807) is 0 Å². The van der Waals surface area contributed by atoms with E-state index in [-0.39, 0.29) is 0 Å². The van der Waals surface area contributed by atoms with Gasteiger partial charge in [0, 0.05) is 18.2 Å². The average molecular weight is 340 g/mol. The summed E-state index contributed by atoms with van der Waals surface area (Å²) in [6.07, 6.45) is 0. The van der Waals surface area contributed by atoms with Gasteiger partial charge in [-0.15, -0.1) is 0 Å². The van der Waals surface area contributed by atoms with Crippen molar-refractivity contribution >= 4 is 21.7 Å². The molecule has 3 rings (SSSR count). The molecular weight excluding hydrogens is 326 g/mol. The zero-order valence-corrected chi connectivity index (χ0v) is 13.1. The predicted octanol–water partition coefficient (Wildman–Crippen LogP) is 4.61. The van der Waals surface area contributed by atoms with Gasteiger partial charge in [0.25, 0.3) is 0 Å². The third-order valence-electron chi connectivity index (χ3n) is 3.17. The maximum absolute atomic E-state index is 4.72. The second-order valence-corrected chi connectivity index (χ2v) is 5.33. The first-order valence-electron chi connectivity index (χ1n) is 6.65. The number of halogens is 1. The van der Waals surface area contributed by atoms with Gasteiger partial charge in [-0.2, -0.15) is 0 Å². The molecule has 0 aliphatic rings. The first-order chi connectivity index (χ1) is 10.3. The summed E-state index contributed by atoms with van der Waals surface area (Å²) in [6.45, 7) is 0. The normalized spacial score (nSPS) is 10.4. The molecule has 3 nitrogen and oxygen atoms in total. The molecule has 104 valence electrons. The molecule has 1 N–H and O–H groups in total. The van der Waals surface area contributed by atoms with E-state index in [9.17, 15) is 0 Å². The molecule has 0 radical (unpaired) electrons. The molecule has 0 amide bonds. The van der Waals surface area contributed by atoms with Gasteiger partial charge in [0.1, 0.15) is 5.82 Å². The summed E-state index contributed by atoms with van der Waals surface area (Å²) in [5, 5.41) is 3.12. The summed E-state index contributed by atoms with van der Waals surface area (Å²) >= 11 is 3.60. The third-order valence-corrected chi connectivity index (χ3v) is 3.92. The minimum atomic E-state index is 0.710. The van der Waals surface area contributed by atoms with Crippen LogP contribution >= 0.6 is 15.9 Å². The second kappa shape index (κ2) is 6.06. The Morgan fingerprint density at radius 1 is 0.810 bits per heavy atom. The van der Waals surface area contributed by atoms with Crippen molar-refractivity contribution in [2.24, 2.45) is 0 Å². The fourth-order valence-corrected chi connectivity index (χ4v) is 2.72. The lowest BCUT2D eigenvalue weighted by Gasteiger charge is -2.11. The molecule has 0 aliphatic heterocycles. The fourth-order valence-electron chi connectivity index (χ4n) is 2.12. The van der Waals surface area contributed by atoms with Gasteiger partial charge in [-0.25, -0.2) is 9.97 Å². The third kappa shape index (κ3) is 2.81. The van der Waals surface area contributed by atoms with Crippen LogP contribution in [0.3, 0.4) is 0 Å². The molecule has 0 saturated carbocycles. The molecule has 0 unspecified atom stereocenters. The lowest BCUT2D eigenvalue weighted by atomic mass is 10.1. The first-order valence-corrected chi connectivity index (χ1v) is 7.45. The Hall–Kier alpha value is -2.20. The van der Waals surface area contributed by atoms with Crippen molar-refractivity contribution in [2.75, 3.05) is 12.4 Å². The largest absolute Gasteiger partial charge is 0.372 e. The first kappa shape index (κ1) is 13.8. The molecule has 3 aromatic rings. The maximum atomic E-state index is 4.72. The highest BCUT2D eigenvalue weighted by molar-refractivity contribution is 9.10. The van der Waals surface area contributed by atoms with Crippen LogP contribution in [0.15, 0.2) is 65.1 Å². The van der Waals surface area contributed by atoms with E-state index in [0.29, 0.717) is 5.82 Å². The number of anilines is 1. The minimum Gasteiger partial charge on any atom is -0.372 e. The number of nitrogens with one attached hydrogen (secondary N) is 1. The van der Waals surface area contributed by atoms with E-state index in [4.69, 9.17) is 4.98 Å². The number of aromatic nitrogens is 2. The quantitative estimate of drug-likeness (QED) is 0.756. The van der Waals surface area contributed by atoms with E-state index in [0.717, 1.165) is 27.1 Å². The molecule has 1 aromatic heterocycles. The van der Waals surface area contributed by atoms with Crippen LogP contribution in [0.1, 0.15) is 0 Å². The SMILES string of the molecule is CNc1nc(-c2ccccc2)nc(-c2ccccc2)c1Br. The summed E-state index contributed by atoms with van der Waals surface area (Å²) in [6, 6.07) is 20.1. The van der Waals surface area contributed by atoms with Gasteiger partial charge in [-0.05, 0) is 15.9 Å². The van der Waals surface area contributed by atoms with Crippen molar-refractivity contribution in [2.45, 2.75) is 0 Å². The lowest BCUT2D eigenvalue weighted by molar-refractivity contribution is 1.16. The molecular formula is C17H14BrN3. The van der Waals surface area contributed by atoms with Crippen LogP contribution in [0.5, 0.6) is 0 Å². The summed E-state index contributed by atoms with van der Waals surface area (Å²) in [5.74, 6) is 1.49. The van der Waals surface area contributed by atoms with E-state index < -0.39 is 0 Å². The van der Waals surface area contributed by atoms with Crippen molar-refractivity contribution in [3.8, 4) is 22.6 Å². The molecule has 21 heavy (non-hydrogen) atoms. The minimum absolute atomic E-state index is 0.710. The van der Waals surface area contributed by atoms with Gasteiger partial charge in [0.05, 0.1) is 10.2 Å². The lowest BCUT2D eigenvalue weighted by Crippen LogP contribution is -2.01. The number of nitrogens with zero attached hydrogens (tertiary/aromatic N) is 2. The summed E-state index contributed by atoms with van der Waals surface area (Å²) < 4.78 is 0.871. The Morgan fingerprint density at radius 2 is 1.38 bits per heavy atom. The predicted molar refractivity (Wildman–Crippen MR) is 90.2 cm³/mol. The number of hydrogen-bond donors (Lipinski definition) is 1. The van der Waals surface area contributed by atoms with E-state index in [1.807, 2.05) is 67.7 Å². The fraction of sp³-hybridized carbons (Fsp3) is 0.0588. The van der Waals surface area contributed by atoms with Gasteiger partial charge < -0.3 is 5.32 Å². The molecule has 0 aliphatic carbocycles. The monoisotopic (exact) mass is 339 g/mol. The molecule has 0 saturated heterocycles. The van der Waals surface area contributed by atoms with Crippen LogP contribution in [0, 0.1) is 0 Å². The molecule has 0 bridgehead atoms. The van der Waals surface area contributed by atoms with Crippen molar-refractivity contribution in [1.82, 2.24) is 9.97 Å². The van der Waals surface area contributed by atoms with Crippen molar-refractivity contribution in [1.29, 1.82) is 0 Å². The molecule has 0 atom stereocenters. The Balaban J connectivity index is 2.21. The van der Waals surface area contributed by atoms with Gasteiger partial charge in [0.15, 0.2) is 5.82 Å². The van der Waals surface area contributed by atoms with Crippen molar-refractivity contribution in [3.63, 3.8) is 0 Å². The standard InChI is InChI=1S/C17H14BrN3/c1-19-17-14(18)15(12-8-4-2-5-9-12)20-16(21-17)13-10-6-3-7-11-13/h2-11H,1H3,(H,19,20,21). The van der Waals surface area contributed by atoms with Gasteiger partial charge in [-0.3, -0.25) is 0 Å².